The van der Waals surface area contributed by atoms with Gasteiger partial charge in [-0.25, -0.2) is 9.50 Å². The molecule has 20 heavy (non-hydrogen) atoms. The lowest BCUT2D eigenvalue weighted by Gasteiger charge is -2.20. The lowest BCUT2D eigenvalue weighted by atomic mass is 10.1. The quantitative estimate of drug-likeness (QED) is 0.874. The number of nitrogens with zero attached hydrogens (tertiary/aromatic N) is 3. The van der Waals surface area contributed by atoms with Crippen LogP contribution in [0.15, 0.2) is 18.5 Å². The molecule has 2 rings (SSSR count). The Bertz CT molecular complexity index is 612. The molecule has 2 N–H and O–H groups in total. The fraction of sp³-hybridized carbons (Fsp3) is 0.500. The second kappa shape index (κ2) is 5.58. The van der Waals surface area contributed by atoms with Gasteiger partial charge >= 0.3 is 0 Å². The first-order valence-electron chi connectivity index (χ1n) is 6.66. The highest BCUT2D eigenvalue weighted by Gasteiger charge is 2.12. The van der Waals surface area contributed by atoms with Crippen LogP contribution < -0.4 is 10.6 Å². The Morgan fingerprint density at radius 1 is 1.40 bits per heavy atom. The number of rotatable bonds is 4. The first-order chi connectivity index (χ1) is 9.33. The van der Waals surface area contributed by atoms with Gasteiger partial charge < -0.3 is 10.6 Å². The molecule has 0 radical (unpaired) electrons. The van der Waals surface area contributed by atoms with Crippen molar-refractivity contribution in [1.82, 2.24) is 25.2 Å². The summed E-state index contributed by atoms with van der Waals surface area (Å²) in [7, 11) is 0. The van der Waals surface area contributed by atoms with Gasteiger partial charge in [0.25, 0.3) is 0 Å². The molecular weight excluding hydrogens is 254 g/mol. The number of hydrogen-bond donors (Lipinski definition) is 2. The molecule has 0 saturated heterocycles. The maximum Gasteiger partial charge on any atom is 0.234 e. The fourth-order valence-electron chi connectivity index (χ4n) is 1.91. The van der Waals surface area contributed by atoms with Gasteiger partial charge in [0.1, 0.15) is 0 Å². The lowest BCUT2D eigenvalue weighted by molar-refractivity contribution is -0.121. The minimum atomic E-state index is -0.203. The van der Waals surface area contributed by atoms with Crippen molar-refractivity contribution in [2.24, 2.45) is 0 Å². The number of hydrogen-bond acceptors (Lipinski definition) is 4. The van der Waals surface area contributed by atoms with E-state index in [4.69, 9.17) is 0 Å². The first-order valence-corrected chi connectivity index (χ1v) is 6.66. The summed E-state index contributed by atoms with van der Waals surface area (Å²) in [5.41, 5.74) is 2.55. The molecule has 108 valence electrons. The third-order valence-corrected chi connectivity index (χ3v) is 2.62. The maximum absolute atomic E-state index is 11.7. The zero-order valence-electron chi connectivity index (χ0n) is 12.4. The summed E-state index contributed by atoms with van der Waals surface area (Å²) in [6, 6.07) is 1.92. The summed E-state index contributed by atoms with van der Waals surface area (Å²) in [6.07, 6.45) is 3.72. The van der Waals surface area contributed by atoms with E-state index in [1.165, 1.54) is 0 Å². The van der Waals surface area contributed by atoms with Crippen LogP contribution in [0.4, 0.5) is 0 Å². The zero-order chi connectivity index (χ0) is 14.8. The molecule has 0 unspecified atom stereocenters. The standard InChI is InChI=1S/C14H21N5O/c1-10-5-12-16-7-11(9-19(12)18-10)6-15-8-13(20)17-14(2,3)4/h5,7,9,15H,6,8H2,1-4H3,(H,17,20). The zero-order valence-corrected chi connectivity index (χ0v) is 12.4. The monoisotopic (exact) mass is 275 g/mol. The fourth-order valence-corrected chi connectivity index (χ4v) is 1.91. The molecule has 0 bridgehead atoms. The van der Waals surface area contributed by atoms with Crippen LogP contribution >= 0.6 is 0 Å². The number of carbonyl (C=O) groups excluding carboxylic acids is 1. The second-order valence-electron chi connectivity index (χ2n) is 5.95. The van der Waals surface area contributed by atoms with Crippen molar-refractivity contribution < 1.29 is 4.79 Å². The van der Waals surface area contributed by atoms with Gasteiger partial charge in [-0.15, -0.1) is 0 Å². The largest absolute Gasteiger partial charge is 0.350 e. The van der Waals surface area contributed by atoms with Crippen LogP contribution in [0, 0.1) is 6.92 Å². The van der Waals surface area contributed by atoms with E-state index in [-0.39, 0.29) is 18.0 Å². The Morgan fingerprint density at radius 2 is 2.15 bits per heavy atom. The van der Waals surface area contributed by atoms with Crippen molar-refractivity contribution in [3.8, 4) is 0 Å². The molecule has 2 heterocycles. The van der Waals surface area contributed by atoms with Gasteiger partial charge in [0.2, 0.25) is 5.91 Å². The maximum atomic E-state index is 11.7. The van der Waals surface area contributed by atoms with Crippen LogP contribution in [0.25, 0.3) is 5.65 Å². The molecule has 2 aromatic rings. The highest BCUT2D eigenvalue weighted by Crippen LogP contribution is 2.04. The van der Waals surface area contributed by atoms with E-state index in [9.17, 15) is 4.79 Å². The Hall–Kier alpha value is -1.95. The lowest BCUT2D eigenvalue weighted by Crippen LogP contribution is -2.44. The number of amides is 1. The van der Waals surface area contributed by atoms with E-state index in [2.05, 4.69) is 20.7 Å². The number of fused-ring (bicyclic) bond motifs is 1. The van der Waals surface area contributed by atoms with Crippen LogP contribution in [0.3, 0.4) is 0 Å². The van der Waals surface area contributed by atoms with Crippen LogP contribution in [-0.4, -0.2) is 32.6 Å². The molecule has 0 aliphatic carbocycles. The van der Waals surface area contributed by atoms with Crippen molar-refractivity contribution >= 4 is 11.6 Å². The average molecular weight is 275 g/mol. The molecule has 0 saturated carbocycles. The van der Waals surface area contributed by atoms with E-state index in [1.807, 2.05) is 40.0 Å². The number of aromatic nitrogens is 3. The SMILES string of the molecule is Cc1cc2ncc(CNCC(=O)NC(C)(C)C)cn2n1. The highest BCUT2D eigenvalue weighted by molar-refractivity contribution is 5.78. The second-order valence-corrected chi connectivity index (χ2v) is 5.95. The van der Waals surface area contributed by atoms with E-state index in [0.29, 0.717) is 6.54 Å². The molecule has 0 aromatic carbocycles. The predicted molar refractivity (Wildman–Crippen MR) is 77.3 cm³/mol. The van der Waals surface area contributed by atoms with Crippen molar-refractivity contribution in [3.05, 3.63) is 29.7 Å². The van der Waals surface area contributed by atoms with Gasteiger partial charge in [-0.1, -0.05) is 0 Å². The summed E-state index contributed by atoms with van der Waals surface area (Å²) in [6.45, 7) is 8.69. The predicted octanol–water partition coefficient (Wildman–Crippen LogP) is 1.04. The van der Waals surface area contributed by atoms with Crippen LogP contribution in [-0.2, 0) is 11.3 Å². The molecular formula is C14H21N5O. The van der Waals surface area contributed by atoms with Gasteiger partial charge in [-0.2, -0.15) is 5.10 Å². The minimum absolute atomic E-state index is 0.0125. The van der Waals surface area contributed by atoms with E-state index in [1.54, 1.807) is 10.7 Å². The minimum Gasteiger partial charge on any atom is -0.350 e. The highest BCUT2D eigenvalue weighted by atomic mass is 16.2. The van der Waals surface area contributed by atoms with Crippen LogP contribution in [0.5, 0.6) is 0 Å². The van der Waals surface area contributed by atoms with Crippen molar-refractivity contribution in [2.75, 3.05) is 6.54 Å². The van der Waals surface area contributed by atoms with Crippen molar-refractivity contribution in [3.63, 3.8) is 0 Å². The normalized spacial score (nSPS) is 11.8. The molecule has 0 atom stereocenters. The Kier molecular flexibility index (Phi) is 4.04. The molecule has 0 aliphatic heterocycles. The molecule has 0 fully saturated rings. The molecule has 2 aromatic heterocycles. The Balaban J connectivity index is 1.88. The smallest absolute Gasteiger partial charge is 0.234 e. The summed E-state index contributed by atoms with van der Waals surface area (Å²) >= 11 is 0. The third-order valence-electron chi connectivity index (χ3n) is 2.62. The van der Waals surface area contributed by atoms with Crippen LogP contribution in [0.1, 0.15) is 32.0 Å². The molecule has 6 heteroatoms. The summed E-state index contributed by atoms with van der Waals surface area (Å²) in [5.74, 6) is -0.0125. The average Bonchev–Trinajstić information content (AvgIpc) is 2.66. The topological polar surface area (TPSA) is 71.3 Å². The van der Waals surface area contributed by atoms with Gasteiger partial charge in [0.05, 0.1) is 12.2 Å². The summed E-state index contributed by atoms with van der Waals surface area (Å²) < 4.78 is 1.75. The molecule has 0 aliphatic rings. The Morgan fingerprint density at radius 3 is 2.85 bits per heavy atom. The number of nitrogens with one attached hydrogen (secondary N) is 2. The van der Waals surface area contributed by atoms with Gasteiger partial charge in [-0.05, 0) is 27.7 Å². The van der Waals surface area contributed by atoms with E-state index < -0.39 is 0 Å². The van der Waals surface area contributed by atoms with E-state index >= 15 is 0 Å². The van der Waals surface area contributed by atoms with Gasteiger partial charge in [0, 0.05) is 36.1 Å². The van der Waals surface area contributed by atoms with Crippen molar-refractivity contribution in [1.29, 1.82) is 0 Å². The molecule has 1 amide bonds. The number of aryl methyl sites for hydroxylation is 1. The third kappa shape index (κ3) is 4.03. The molecule has 0 spiro atoms. The molecule has 6 nitrogen and oxygen atoms in total. The summed E-state index contributed by atoms with van der Waals surface area (Å²) in [4.78, 5) is 16.0. The van der Waals surface area contributed by atoms with E-state index in [0.717, 1.165) is 16.9 Å². The van der Waals surface area contributed by atoms with Gasteiger partial charge in [-0.3, -0.25) is 4.79 Å². The van der Waals surface area contributed by atoms with Gasteiger partial charge in [0.15, 0.2) is 5.65 Å². The number of carbonyl (C=O) groups is 1. The summed E-state index contributed by atoms with van der Waals surface area (Å²) in [5, 5.41) is 10.3. The van der Waals surface area contributed by atoms with Crippen molar-refractivity contribution in [2.45, 2.75) is 39.8 Å². The van der Waals surface area contributed by atoms with Crippen LogP contribution in [0.2, 0.25) is 0 Å². The Labute approximate surface area is 118 Å². The first kappa shape index (κ1) is 14.5.